The standard InChI is InChI=1S/C13H19ClN2O2/c1-2-3-4-10(8-15)16-13(18)11-6-5-9(14)7-12(11)17/h5-7,10,17H,2-4,8,15H2,1H3,(H,16,18). The molecule has 0 fully saturated rings. The maximum atomic E-state index is 11.9. The number of hydrogen-bond donors (Lipinski definition) is 3. The van der Waals surface area contributed by atoms with Gasteiger partial charge in [-0.1, -0.05) is 31.4 Å². The van der Waals surface area contributed by atoms with Crippen molar-refractivity contribution >= 4 is 17.5 Å². The molecule has 1 unspecified atom stereocenters. The van der Waals surface area contributed by atoms with E-state index in [1.54, 1.807) is 6.07 Å². The number of rotatable bonds is 6. The van der Waals surface area contributed by atoms with Crippen molar-refractivity contribution in [1.29, 1.82) is 0 Å². The van der Waals surface area contributed by atoms with Gasteiger partial charge in [-0.15, -0.1) is 0 Å². The van der Waals surface area contributed by atoms with Crippen LogP contribution in [-0.4, -0.2) is 23.6 Å². The molecule has 0 aliphatic heterocycles. The van der Waals surface area contributed by atoms with Gasteiger partial charge in [0.1, 0.15) is 5.75 Å². The highest BCUT2D eigenvalue weighted by molar-refractivity contribution is 6.30. The lowest BCUT2D eigenvalue weighted by Crippen LogP contribution is -2.40. The van der Waals surface area contributed by atoms with Gasteiger partial charge in [-0.05, 0) is 24.6 Å². The van der Waals surface area contributed by atoms with E-state index in [2.05, 4.69) is 12.2 Å². The molecule has 0 spiro atoms. The summed E-state index contributed by atoms with van der Waals surface area (Å²) in [4.78, 5) is 11.9. The minimum atomic E-state index is -0.323. The number of phenols is 1. The van der Waals surface area contributed by atoms with Crippen LogP contribution in [0.1, 0.15) is 36.5 Å². The molecule has 0 heterocycles. The molecular weight excluding hydrogens is 252 g/mol. The molecule has 0 aromatic heterocycles. The van der Waals surface area contributed by atoms with Gasteiger partial charge >= 0.3 is 0 Å². The summed E-state index contributed by atoms with van der Waals surface area (Å²) in [6.07, 6.45) is 2.90. The molecule has 1 amide bonds. The van der Waals surface area contributed by atoms with Gasteiger partial charge in [0.25, 0.3) is 5.91 Å². The first-order valence-corrected chi connectivity index (χ1v) is 6.45. The van der Waals surface area contributed by atoms with Gasteiger partial charge < -0.3 is 16.2 Å². The fourth-order valence-corrected chi connectivity index (χ4v) is 1.83. The smallest absolute Gasteiger partial charge is 0.255 e. The third kappa shape index (κ3) is 4.20. The number of nitrogens with one attached hydrogen (secondary N) is 1. The summed E-state index contributed by atoms with van der Waals surface area (Å²) in [7, 11) is 0. The Morgan fingerprint density at radius 2 is 2.28 bits per heavy atom. The summed E-state index contributed by atoms with van der Waals surface area (Å²) >= 11 is 5.71. The summed E-state index contributed by atoms with van der Waals surface area (Å²) in [6, 6.07) is 4.35. The van der Waals surface area contributed by atoms with Crippen molar-refractivity contribution in [3.05, 3.63) is 28.8 Å². The number of carbonyl (C=O) groups is 1. The average Bonchev–Trinajstić information content (AvgIpc) is 2.34. The van der Waals surface area contributed by atoms with Gasteiger partial charge in [0.15, 0.2) is 0 Å². The Labute approximate surface area is 112 Å². The lowest BCUT2D eigenvalue weighted by molar-refractivity contribution is 0.0933. The third-order valence-corrected chi connectivity index (χ3v) is 2.97. The van der Waals surface area contributed by atoms with Crippen molar-refractivity contribution in [2.45, 2.75) is 32.2 Å². The van der Waals surface area contributed by atoms with Crippen molar-refractivity contribution in [3.8, 4) is 5.75 Å². The Morgan fingerprint density at radius 1 is 1.56 bits per heavy atom. The fraction of sp³-hybridized carbons (Fsp3) is 0.462. The van der Waals surface area contributed by atoms with E-state index in [9.17, 15) is 9.90 Å². The molecule has 4 nitrogen and oxygen atoms in total. The molecule has 1 atom stereocenters. The Kier molecular flexibility index (Phi) is 5.95. The number of phenolic OH excluding ortho intramolecular Hbond substituents is 1. The zero-order valence-corrected chi connectivity index (χ0v) is 11.2. The van der Waals surface area contributed by atoms with Crippen molar-refractivity contribution in [3.63, 3.8) is 0 Å². The Hall–Kier alpha value is -1.26. The number of carbonyl (C=O) groups excluding carboxylic acids is 1. The molecule has 18 heavy (non-hydrogen) atoms. The SMILES string of the molecule is CCCCC(CN)NC(=O)c1ccc(Cl)cc1O. The first-order chi connectivity index (χ1) is 8.58. The van der Waals surface area contributed by atoms with Gasteiger partial charge in [-0.25, -0.2) is 0 Å². The van der Waals surface area contributed by atoms with Crippen molar-refractivity contribution in [1.82, 2.24) is 5.32 Å². The van der Waals surface area contributed by atoms with E-state index >= 15 is 0 Å². The Morgan fingerprint density at radius 3 is 2.83 bits per heavy atom. The molecule has 1 aromatic carbocycles. The highest BCUT2D eigenvalue weighted by atomic mass is 35.5. The van der Waals surface area contributed by atoms with Crippen LogP contribution in [0.3, 0.4) is 0 Å². The van der Waals surface area contributed by atoms with Crippen LogP contribution in [0.4, 0.5) is 0 Å². The molecule has 0 aliphatic carbocycles. The van der Waals surface area contributed by atoms with Crippen molar-refractivity contribution < 1.29 is 9.90 Å². The third-order valence-electron chi connectivity index (χ3n) is 2.73. The topological polar surface area (TPSA) is 75.3 Å². The van der Waals surface area contributed by atoms with Crippen LogP contribution in [-0.2, 0) is 0 Å². The minimum Gasteiger partial charge on any atom is -0.507 e. The number of benzene rings is 1. The second kappa shape index (κ2) is 7.24. The van der Waals surface area contributed by atoms with Crippen LogP contribution in [0.2, 0.25) is 5.02 Å². The molecule has 1 rings (SSSR count). The van der Waals surface area contributed by atoms with E-state index in [1.807, 2.05) is 0 Å². The average molecular weight is 271 g/mol. The summed E-state index contributed by atoms with van der Waals surface area (Å²) in [6.45, 7) is 2.47. The van der Waals surface area contributed by atoms with Gasteiger partial charge in [0, 0.05) is 17.6 Å². The zero-order chi connectivity index (χ0) is 13.5. The van der Waals surface area contributed by atoms with Gasteiger partial charge in [-0.3, -0.25) is 4.79 Å². The molecule has 0 saturated heterocycles. The molecule has 0 bridgehead atoms. The first-order valence-electron chi connectivity index (χ1n) is 6.08. The van der Waals surface area contributed by atoms with Crippen LogP contribution in [0.5, 0.6) is 5.75 Å². The quantitative estimate of drug-likeness (QED) is 0.742. The van der Waals surface area contributed by atoms with Gasteiger partial charge in [0.05, 0.1) is 5.56 Å². The second-order valence-electron chi connectivity index (χ2n) is 4.21. The normalized spacial score (nSPS) is 12.2. The molecule has 5 heteroatoms. The summed E-state index contributed by atoms with van der Waals surface area (Å²) in [5.74, 6) is -0.443. The van der Waals surface area contributed by atoms with Crippen LogP contribution in [0.15, 0.2) is 18.2 Å². The van der Waals surface area contributed by atoms with E-state index in [0.717, 1.165) is 19.3 Å². The fourth-order valence-electron chi connectivity index (χ4n) is 1.66. The number of halogens is 1. The maximum absolute atomic E-state index is 11.9. The predicted molar refractivity (Wildman–Crippen MR) is 73.0 cm³/mol. The molecular formula is C13H19ClN2O2. The zero-order valence-electron chi connectivity index (χ0n) is 10.4. The minimum absolute atomic E-state index is 0.0625. The summed E-state index contributed by atoms with van der Waals surface area (Å²) < 4.78 is 0. The molecule has 0 aliphatic rings. The van der Waals surface area contributed by atoms with Crippen LogP contribution in [0, 0.1) is 0 Å². The van der Waals surface area contributed by atoms with Crippen LogP contribution >= 0.6 is 11.6 Å². The highest BCUT2D eigenvalue weighted by Crippen LogP contribution is 2.21. The van der Waals surface area contributed by atoms with Crippen molar-refractivity contribution in [2.75, 3.05) is 6.54 Å². The number of nitrogens with two attached hydrogens (primary N) is 1. The summed E-state index contributed by atoms with van der Waals surface area (Å²) in [5.41, 5.74) is 5.82. The van der Waals surface area contributed by atoms with Crippen LogP contribution < -0.4 is 11.1 Å². The first kappa shape index (κ1) is 14.8. The van der Waals surface area contributed by atoms with Gasteiger partial charge in [0.2, 0.25) is 0 Å². The lowest BCUT2D eigenvalue weighted by atomic mass is 10.1. The van der Waals surface area contributed by atoms with E-state index < -0.39 is 0 Å². The number of unbranched alkanes of at least 4 members (excludes halogenated alkanes) is 1. The van der Waals surface area contributed by atoms with E-state index in [4.69, 9.17) is 17.3 Å². The van der Waals surface area contributed by atoms with Gasteiger partial charge in [-0.2, -0.15) is 0 Å². The van der Waals surface area contributed by atoms with E-state index in [1.165, 1.54) is 12.1 Å². The molecule has 1 aromatic rings. The lowest BCUT2D eigenvalue weighted by Gasteiger charge is -2.16. The maximum Gasteiger partial charge on any atom is 0.255 e. The highest BCUT2D eigenvalue weighted by Gasteiger charge is 2.15. The molecule has 0 radical (unpaired) electrons. The molecule has 100 valence electrons. The number of hydrogen-bond acceptors (Lipinski definition) is 3. The number of aromatic hydroxyl groups is 1. The second-order valence-corrected chi connectivity index (χ2v) is 4.65. The summed E-state index contributed by atoms with van der Waals surface area (Å²) in [5, 5.41) is 12.9. The molecule has 0 saturated carbocycles. The molecule has 4 N–H and O–H groups in total. The van der Waals surface area contributed by atoms with E-state index in [0.29, 0.717) is 11.6 Å². The number of amides is 1. The van der Waals surface area contributed by atoms with E-state index in [-0.39, 0.29) is 23.3 Å². The Bertz CT molecular complexity index is 410. The predicted octanol–water partition coefficient (Wildman–Crippen LogP) is 2.29. The monoisotopic (exact) mass is 270 g/mol. The Balaban J connectivity index is 2.68. The van der Waals surface area contributed by atoms with Crippen LogP contribution in [0.25, 0.3) is 0 Å². The van der Waals surface area contributed by atoms with Crippen molar-refractivity contribution in [2.24, 2.45) is 5.73 Å². The largest absolute Gasteiger partial charge is 0.507 e.